The van der Waals surface area contributed by atoms with Crippen LogP contribution in [-0.4, -0.2) is 26.1 Å². The first-order chi connectivity index (χ1) is 13.1. The molecule has 1 aromatic heterocycles. The van der Waals surface area contributed by atoms with Crippen molar-refractivity contribution in [2.75, 3.05) is 16.6 Å². The van der Waals surface area contributed by atoms with E-state index in [0.717, 1.165) is 37.9 Å². The SMILES string of the molecule is CCCCNc1ccc(NS(=O)(=O)c2ccc(OC3CCCC3)cc2)nc1. The normalized spacial score (nSPS) is 14.9. The molecule has 146 valence electrons. The van der Waals surface area contributed by atoms with Gasteiger partial charge in [0.2, 0.25) is 0 Å². The molecule has 0 atom stereocenters. The van der Waals surface area contributed by atoms with Gasteiger partial charge in [-0.15, -0.1) is 0 Å². The lowest BCUT2D eigenvalue weighted by atomic mass is 10.3. The van der Waals surface area contributed by atoms with Gasteiger partial charge in [-0.05, 0) is 68.5 Å². The van der Waals surface area contributed by atoms with E-state index in [1.807, 2.05) is 6.07 Å². The Hall–Kier alpha value is -2.28. The van der Waals surface area contributed by atoms with Gasteiger partial charge in [0.1, 0.15) is 11.6 Å². The summed E-state index contributed by atoms with van der Waals surface area (Å²) in [6.45, 7) is 3.00. The number of sulfonamides is 1. The highest BCUT2D eigenvalue weighted by molar-refractivity contribution is 7.92. The topological polar surface area (TPSA) is 80.3 Å². The molecular formula is C20H27N3O3S. The molecule has 2 N–H and O–H groups in total. The molecule has 7 heteroatoms. The minimum Gasteiger partial charge on any atom is -0.490 e. The molecule has 1 aromatic carbocycles. The summed E-state index contributed by atoms with van der Waals surface area (Å²) in [6.07, 6.45) is 8.60. The van der Waals surface area contributed by atoms with Crippen LogP contribution < -0.4 is 14.8 Å². The summed E-state index contributed by atoms with van der Waals surface area (Å²) in [4.78, 5) is 4.36. The van der Waals surface area contributed by atoms with E-state index in [0.29, 0.717) is 11.6 Å². The molecule has 0 radical (unpaired) electrons. The Morgan fingerprint density at radius 3 is 2.48 bits per heavy atom. The Morgan fingerprint density at radius 1 is 1.11 bits per heavy atom. The molecule has 0 saturated heterocycles. The number of hydrogen-bond acceptors (Lipinski definition) is 5. The zero-order chi connectivity index (χ0) is 19.1. The minimum atomic E-state index is -3.68. The lowest BCUT2D eigenvalue weighted by Crippen LogP contribution is -2.14. The molecule has 1 aliphatic rings. The third-order valence-corrected chi connectivity index (χ3v) is 5.97. The number of pyridine rings is 1. The molecule has 1 heterocycles. The summed E-state index contributed by atoms with van der Waals surface area (Å²) in [7, 11) is -3.68. The Balaban J connectivity index is 1.60. The van der Waals surface area contributed by atoms with Crippen LogP contribution in [0.25, 0.3) is 0 Å². The van der Waals surface area contributed by atoms with Crippen molar-refractivity contribution in [1.82, 2.24) is 4.98 Å². The average Bonchev–Trinajstić information content (AvgIpc) is 3.17. The Morgan fingerprint density at radius 2 is 1.85 bits per heavy atom. The molecule has 0 amide bonds. The van der Waals surface area contributed by atoms with Crippen molar-refractivity contribution in [3.8, 4) is 5.75 Å². The molecule has 0 bridgehead atoms. The van der Waals surface area contributed by atoms with Crippen LogP contribution in [-0.2, 0) is 10.0 Å². The molecule has 1 aliphatic carbocycles. The van der Waals surface area contributed by atoms with Crippen molar-refractivity contribution < 1.29 is 13.2 Å². The fourth-order valence-electron chi connectivity index (χ4n) is 3.06. The quantitative estimate of drug-likeness (QED) is 0.621. The minimum absolute atomic E-state index is 0.188. The maximum Gasteiger partial charge on any atom is 0.263 e. The van der Waals surface area contributed by atoms with Crippen molar-refractivity contribution in [1.29, 1.82) is 0 Å². The zero-order valence-corrected chi connectivity index (χ0v) is 16.5. The third kappa shape index (κ3) is 5.60. The van der Waals surface area contributed by atoms with E-state index in [4.69, 9.17) is 4.74 Å². The van der Waals surface area contributed by atoms with Crippen molar-refractivity contribution >= 4 is 21.5 Å². The summed E-state index contributed by atoms with van der Waals surface area (Å²) in [6, 6.07) is 10.0. The van der Waals surface area contributed by atoms with Crippen LogP contribution in [0.1, 0.15) is 45.4 Å². The zero-order valence-electron chi connectivity index (χ0n) is 15.6. The molecule has 3 rings (SSSR count). The summed E-state index contributed by atoms with van der Waals surface area (Å²) < 4.78 is 33.5. The second-order valence-electron chi connectivity index (χ2n) is 6.81. The summed E-state index contributed by atoms with van der Waals surface area (Å²) in [5.74, 6) is 1.00. The maximum absolute atomic E-state index is 12.5. The molecular weight excluding hydrogens is 362 g/mol. The predicted molar refractivity (Wildman–Crippen MR) is 108 cm³/mol. The number of benzene rings is 1. The highest BCUT2D eigenvalue weighted by Gasteiger charge is 2.18. The van der Waals surface area contributed by atoms with Crippen LogP contribution in [0.15, 0.2) is 47.5 Å². The van der Waals surface area contributed by atoms with Gasteiger partial charge in [-0.25, -0.2) is 13.4 Å². The number of aromatic nitrogens is 1. The number of nitrogens with zero attached hydrogens (tertiary/aromatic N) is 1. The number of ether oxygens (including phenoxy) is 1. The van der Waals surface area contributed by atoms with E-state index in [1.165, 1.54) is 12.8 Å². The lowest BCUT2D eigenvalue weighted by molar-refractivity contribution is 0.210. The first-order valence-corrected chi connectivity index (χ1v) is 11.0. The van der Waals surface area contributed by atoms with Gasteiger partial charge in [0, 0.05) is 6.54 Å². The van der Waals surface area contributed by atoms with Crippen LogP contribution in [0.2, 0.25) is 0 Å². The summed E-state index contributed by atoms with van der Waals surface area (Å²) in [5, 5.41) is 3.25. The second kappa shape index (κ2) is 9.08. The molecule has 0 unspecified atom stereocenters. The third-order valence-electron chi connectivity index (χ3n) is 4.60. The standard InChI is InChI=1S/C20H27N3O3S/c1-2-3-14-21-16-8-13-20(22-15-16)23-27(24,25)19-11-9-18(10-12-19)26-17-6-4-5-7-17/h8-13,15,17,21H,2-7,14H2,1H3,(H,22,23). The van der Waals surface area contributed by atoms with Crippen molar-refractivity contribution in [2.24, 2.45) is 0 Å². The molecule has 6 nitrogen and oxygen atoms in total. The van der Waals surface area contributed by atoms with Crippen molar-refractivity contribution in [2.45, 2.75) is 56.4 Å². The number of unbranched alkanes of at least 4 members (excludes halogenated alkanes) is 1. The Labute approximate surface area is 161 Å². The van der Waals surface area contributed by atoms with E-state index in [9.17, 15) is 8.42 Å². The lowest BCUT2D eigenvalue weighted by Gasteiger charge is -2.13. The Kier molecular flexibility index (Phi) is 6.55. The van der Waals surface area contributed by atoms with Gasteiger partial charge in [0.15, 0.2) is 0 Å². The second-order valence-corrected chi connectivity index (χ2v) is 8.50. The molecule has 1 fully saturated rings. The van der Waals surface area contributed by atoms with Crippen LogP contribution in [0.4, 0.5) is 11.5 Å². The number of anilines is 2. The summed E-state index contributed by atoms with van der Waals surface area (Å²) in [5.41, 5.74) is 0.875. The monoisotopic (exact) mass is 389 g/mol. The average molecular weight is 390 g/mol. The van der Waals surface area contributed by atoms with Crippen LogP contribution in [0.3, 0.4) is 0 Å². The number of hydrogen-bond donors (Lipinski definition) is 2. The van der Waals surface area contributed by atoms with Gasteiger partial charge in [-0.3, -0.25) is 4.72 Å². The van der Waals surface area contributed by atoms with Gasteiger partial charge in [-0.2, -0.15) is 0 Å². The highest BCUT2D eigenvalue weighted by atomic mass is 32.2. The molecule has 2 aromatic rings. The van der Waals surface area contributed by atoms with Gasteiger partial charge in [0.25, 0.3) is 10.0 Å². The molecule has 27 heavy (non-hydrogen) atoms. The predicted octanol–water partition coefficient (Wildman–Crippen LogP) is 4.42. The van der Waals surface area contributed by atoms with Gasteiger partial charge in [0.05, 0.1) is 22.9 Å². The Bertz CT molecular complexity index is 815. The van der Waals surface area contributed by atoms with Crippen LogP contribution in [0, 0.1) is 0 Å². The molecule has 0 aliphatic heterocycles. The maximum atomic E-state index is 12.5. The fraction of sp³-hybridized carbons (Fsp3) is 0.450. The van der Waals surface area contributed by atoms with E-state index < -0.39 is 10.0 Å². The van der Waals surface area contributed by atoms with Crippen molar-refractivity contribution in [3.05, 3.63) is 42.6 Å². The number of rotatable bonds is 9. The van der Waals surface area contributed by atoms with Gasteiger partial charge < -0.3 is 10.1 Å². The van der Waals surface area contributed by atoms with E-state index in [1.54, 1.807) is 36.5 Å². The van der Waals surface area contributed by atoms with Crippen molar-refractivity contribution in [3.63, 3.8) is 0 Å². The smallest absolute Gasteiger partial charge is 0.263 e. The van der Waals surface area contributed by atoms with Gasteiger partial charge in [-0.1, -0.05) is 13.3 Å². The van der Waals surface area contributed by atoms with Crippen LogP contribution in [0.5, 0.6) is 5.75 Å². The fourth-order valence-corrected chi connectivity index (χ4v) is 4.07. The van der Waals surface area contributed by atoms with Gasteiger partial charge >= 0.3 is 0 Å². The largest absolute Gasteiger partial charge is 0.490 e. The van der Waals surface area contributed by atoms with E-state index >= 15 is 0 Å². The highest BCUT2D eigenvalue weighted by Crippen LogP contribution is 2.25. The summed E-state index contributed by atoms with van der Waals surface area (Å²) >= 11 is 0. The first-order valence-electron chi connectivity index (χ1n) is 9.56. The van der Waals surface area contributed by atoms with Crippen LogP contribution >= 0.6 is 0 Å². The molecule has 0 spiro atoms. The number of nitrogens with one attached hydrogen (secondary N) is 2. The van der Waals surface area contributed by atoms with E-state index in [2.05, 4.69) is 21.9 Å². The molecule has 1 saturated carbocycles. The van der Waals surface area contributed by atoms with E-state index in [-0.39, 0.29) is 11.0 Å². The first kappa shape index (κ1) is 19.5.